The number of aromatic amines is 2. The van der Waals surface area contributed by atoms with E-state index in [0.29, 0.717) is 45.2 Å². The van der Waals surface area contributed by atoms with Crippen LogP contribution >= 0.6 is 0 Å². The minimum Gasteiger partial charge on any atom is -0.512 e. The first kappa shape index (κ1) is 50.5. The largest absolute Gasteiger partial charge is 0.512 e. The van der Waals surface area contributed by atoms with E-state index < -0.39 is 18.7 Å². The van der Waals surface area contributed by atoms with Crippen molar-refractivity contribution in [1.82, 2.24) is 19.9 Å². The Balaban J connectivity index is 1.26. The molecule has 0 saturated heterocycles. The number of aliphatic hydroxyl groups excluding tert-OH is 3. The van der Waals surface area contributed by atoms with Crippen molar-refractivity contribution in [3.05, 3.63) is 79.8 Å². The van der Waals surface area contributed by atoms with Crippen molar-refractivity contribution in [3.8, 4) is 0 Å². The number of esters is 2. The molecule has 1 aliphatic carbocycles. The van der Waals surface area contributed by atoms with Gasteiger partial charge in [-0.15, -0.1) is 0 Å². The molecule has 5 heterocycles. The number of aryl methyl sites for hydroxylation is 2. The van der Waals surface area contributed by atoms with Crippen molar-refractivity contribution in [3.63, 3.8) is 0 Å². The lowest BCUT2D eigenvalue weighted by atomic mass is 9.84. The summed E-state index contributed by atoms with van der Waals surface area (Å²) >= 11 is 0. The van der Waals surface area contributed by atoms with Crippen LogP contribution in [0.15, 0.2) is 29.8 Å². The molecule has 0 unspecified atom stereocenters. The molecule has 0 saturated carbocycles. The highest BCUT2D eigenvalue weighted by atomic mass is 16.6. The molecule has 11 nitrogen and oxygen atoms in total. The Hall–Kier alpha value is -4.90. The number of nitrogens with zero attached hydrogens (tertiary/aromatic N) is 2. The topological polar surface area (TPSA) is 171 Å². The Morgan fingerprint density at radius 1 is 0.788 bits per heavy atom. The Morgan fingerprint density at radius 2 is 1.39 bits per heavy atom. The molecule has 0 fully saturated rings. The van der Waals surface area contributed by atoms with Gasteiger partial charge in [0.15, 0.2) is 6.79 Å². The van der Waals surface area contributed by atoms with E-state index in [4.69, 9.17) is 19.4 Å². The van der Waals surface area contributed by atoms with Crippen molar-refractivity contribution in [2.24, 2.45) is 17.8 Å². The molecular weight excluding hydrogens is 829 g/mol. The van der Waals surface area contributed by atoms with E-state index in [-0.39, 0.29) is 54.2 Å². The van der Waals surface area contributed by atoms with Gasteiger partial charge in [-0.1, -0.05) is 99.0 Å². The molecule has 66 heavy (non-hydrogen) atoms. The highest BCUT2D eigenvalue weighted by Gasteiger charge is 2.42. The number of hydrogen-bond acceptors (Lipinski definition) is 9. The Morgan fingerprint density at radius 3 is 2.05 bits per heavy atom. The number of aliphatic hydroxyl groups is 3. The molecule has 8 bridgehead atoms. The number of rotatable bonds is 20. The maximum atomic E-state index is 13.7. The fourth-order valence-corrected chi connectivity index (χ4v) is 10.8. The molecule has 3 aliphatic rings. The van der Waals surface area contributed by atoms with Crippen LogP contribution in [0.2, 0.25) is 0 Å². The van der Waals surface area contributed by atoms with E-state index >= 15 is 0 Å². The van der Waals surface area contributed by atoms with Crippen LogP contribution in [0.1, 0.15) is 208 Å². The highest BCUT2D eigenvalue weighted by Crippen LogP contribution is 2.46. The first-order valence-corrected chi connectivity index (χ1v) is 24.9. The van der Waals surface area contributed by atoms with Gasteiger partial charge in [0.25, 0.3) is 0 Å². The summed E-state index contributed by atoms with van der Waals surface area (Å²) < 4.78 is 11.0. The average Bonchev–Trinajstić information content (AvgIpc) is 4.00. The molecule has 11 heteroatoms. The van der Waals surface area contributed by atoms with Crippen LogP contribution in [0.4, 0.5) is 0 Å². The molecular formula is C55H78N4O7. The van der Waals surface area contributed by atoms with E-state index in [2.05, 4.69) is 65.4 Å². The lowest BCUT2D eigenvalue weighted by Crippen LogP contribution is -2.20. The van der Waals surface area contributed by atoms with Gasteiger partial charge in [0.05, 0.1) is 22.5 Å². The predicted octanol–water partition coefficient (Wildman–Crippen LogP) is 11.8. The predicted molar refractivity (Wildman–Crippen MR) is 265 cm³/mol. The maximum Gasteiger partial charge on any atom is 0.323 e. The summed E-state index contributed by atoms with van der Waals surface area (Å²) in [6.45, 7) is 22.8. The van der Waals surface area contributed by atoms with Gasteiger partial charge >= 0.3 is 11.9 Å². The van der Waals surface area contributed by atoms with E-state index in [1.165, 1.54) is 50.5 Å². The summed E-state index contributed by atoms with van der Waals surface area (Å²) in [5.41, 5.74) is 9.17. The van der Waals surface area contributed by atoms with Crippen LogP contribution in [0.3, 0.4) is 0 Å². The molecule has 3 aromatic heterocycles. The third-order valence-electron chi connectivity index (χ3n) is 14.9. The SMILES string of the molecule is CC[C@H]1c2cc3[nH]c4c(c5nc(cc6[nH]c(cc(n2)[C@@H]1C)c(=C(C)O)c6C)[C@@H](C)[C@@H]5CCC(=O)OC/C=C(\C)CCC[C@H](C)CCC[C@H](C)CCCC(C)C)[C@@H](C(=O)OCO)C(O)=c4c3C. The van der Waals surface area contributed by atoms with Gasteiger partial charge in [-0.2, -0.15) is 0 Å². The summed E-state index contributed by atoms with van der Waals surface area (Å²) in [6.07, 6.45) is 14.5. The Kier molecular flexibility index (Phi) is 17.0. The molecule has 0 amide bonds. The van der Waals surface area contributed by atoms with Crippen LogP contribution in [0, 0.1) is 31.6 Å². The number of hydrogen-bond donors (Lipinski definition) is 5. The van der Waals surface area contributed by atoms with Gasteiger partial charge in [-0.05, 0) is 107 Å². The van der Waals surface area contributed by atoms with Gasteiger partial charge in [0.2, 0.25) is 0 Å². The lowest BCUT2D eigenvalue weighted by molar-refractivity contribution is -0.152. The fraction of sp³-hybridized carbons (Fsp3) is 0.600. The van der Waals surface area contributed by atoms with Crippen molar-refractivity contribution in [2.45, 2.75) is 183 Å². The van der Waals surface area contributed by atoms with Gasteiger partial charge in [0.1, 0.15) is 18.3 Å². The standard InChI is InChI=1S/C55H78N4O7/c1-12-39-34(7)41-28-46-48(38(11)61)36(9)43(57-46)26-42-35(8)40(22-23-47(62)65-25-24-33(6)21-15-20-32(5)19-14-18-31(4)17-13-16-30(2)3)52(58-42)50-51(55(64)66-29-60)54(63)49-37(10)44(59-53(49)50)27-45(39)56-41/h24,26-28,30-32,34-35,39-40,51,57,59-61,63H,12-23,25,29H2,1-11H3/b33-24+,42-26?,45-27?,46-28?,48-38?/t31-,32-,34-,35+,39-,40+,51-/m1/s1. The van der Waals surface area contributed by atoms with Crippen molar-refractivity contribution in [1.29, 1.82) is 0 Å². The van der Waals surface area contributed by atoms with Crippen molar-refractivity contribution < 1.29 is 34.4 Å². The summed E-state index contributed by atoms with van der Waals surface area (Å²) in [5.74, 6) is -0.408. The molecule has 360 valence electrons. The molecule has 0 radical (unpaired) electrons. The maximum absolute atomic E-state index is 13.7. The van der Waals surface area contributed by atoms with Crippen LogP contribution < -0.4 is 10.4 Å². The van der Waals surface area contributed by atoms with Crippen molar-refractivity contribution >= 4 is 45.5 Å². The first-order valence-electron chi connectivity index (χ1n) is 24.9. The second kappa shape index (κ2) is 22.3. The Bertz CT molecular complexity index is 2560. The summed E-state index contributed by atoms with van der Waals surface area (Å²) in [4.78, 5) is 44.7. The number of H-pyrrole nitrogens is 2. The van der Waals surface area contributed by atoms with Crippen LogP contribution in [0.5, 0.6) is 0 Å². The number of fused-ring (bicyclic) bond motifs is 8. The number of ether oxygens (including phenoxy) is 2. The third kappa shape index (κ3) is 11.3. The van der Waals surface area contributed by atoms with Gasteiger partial charge < -0.3 is 34.8 Å². The van der Waals surface area contributed by atoms with Gasteiger partial charge in [-0.3, -0.25) is 19.6 Å². The number of allylic oxidation sites excluding steroid dienone is 1. The molecule has 7 atom stereocenters. The summed E-state index contributed by atoms with van der Waals surface area (Å²) in [7, 11) is 0. The second-order valence-electron chi connectivity index (χ2n) is 20.4. The summed E-state index contributed by atoms with van der Waals surface area (Å²) in [5, 5.41) is 33.9. The van der Waals surface area contributed by atoms with E-state index in [9.17, 15) is 24.9 Å². The lowest BCUT2D eigenvalue weighted by Gasteiger charge is -2.19. The zero-order valence-corrected chi connectivity index (χ0v) is 41.7. The minimum absolute atomic E-state index is 0.0990. The number of carbonyl (C=O) groups excluding carboxylic acids is 2. The normalized spacial score (nSPS) is 20.8. The number of nitrogens with one attached hydrogen (secondary N) is 2. The zero-order chi connectivity index (χ0) is 48.0. The molecule has 0 spiro atoms. The Labute approximate surface area is 392 Å². The smallest absolute Gasteiger partial charge is 0.323 e. The second-order valence-corrected chi connectivity index (χ2v) is 20.4. The minimum atomic E-state index is -1.24. The first-order chi connectivity index (χ1) is 31.4. The van der Waals surface area contributed by atoms with Gasteiger partial charge in [0, 0.05) is 74.2 Å². The molecule has 2 aliphatic heterocycles. The molecule has 3 aromatic rings. The van der Waals surface area contributed by atoms with Crippen LogP contribution in [0.25, 0.3) is 33.6 Å². The van der Waals surface area contributed by atoms with E-state index in [1.807, 2.05) is 38.1 Å². The molecule has 5 N–H and O–H groups in total. The molecule has 0 aromatic carbocycles. The van der Waals surface area contributed by atoms with Gasteiger partial charge in [-0.25, -0.2) is 0 Å². The van der Waals surface area contributed by atoms with E-state index in [0.717, 1.165) is 70.2 Å². The quantitative estimate of drug-likeness (QED) is 0.0420. The summed E-state index contributed by atoms with van der Waals surface area (Å²) in [6, 6.07) is 6.04. The van der Waals surface area contributed by atoms with E-state index in [1.54, 1.807) is 6.92 Å². The highest BCUT2D eigenvalue weighted by molar-refractivity contribution is 5.96. The fourth-order valence-electron chi connectivity index (χ4n) is 10.8. The zero-order valence-electron chi connectivity index (χ0n) is 41.7. The number of carbonyl (C=O) groups is 2. The third-order valence-corrected chi connectivity index (χ3v) is 14.9. The number of aromatic nitrogens is 4. The molecule has 6 rings (SSSR count). The van der Waals surface area contributed by atoms with Crippen molar-refractivity contribution in [2.75, 3.05) is 13.4 Å². The average molecular weight is 907 g/mol. The van der Waals surface area contributed by atoms with Crippen LogP contribution in [-0.2, 0) is 19.1 Å². The monoisotopic (exact) mass is 907 g/mol. The van der Waals surface area contributed by atoms with Crippen LogP contribution in [-0.4, -0.2) is 60.6 Å².